The Morgan fingerprint density at radius 2 is 1.69 bits per heavy atom. The first-order valence-corrected chi connectivity index (χ1v) is 14.3. The molecule has 0 bridgehead atoms. The van der Waals surface area contributed by atoms with E-state index < -0.39 is 18.1 Å². The number of amides is 3. The second kappa shape index (κ2) is 14.1. The van der Waals surface area contributed by atoms with Crippen molar-refractivity contribution in [1.29, 1.82) is 0 Å². The molecule has 8 nitrogen and oxygen atoms in total. The molecule has 2 aromatic rings. The van der Waals surface area contributed by atoms with E-state index in [4.69, 9.17) is 4.74 Å². The molecule has 1 fully saturated rings. The van der Waals surface area contributed by atoms with Gasteiger partial charge in [0.05, 0.1) is 6.04 Å². The summed E-state index contributed by atoms with van der Waals surface area (Å²) in [6.45, 7) is 6.16. The van der Waals surface area contributed by atoms with Gasteiger partial charge in [-0.25, -0.2) is 0 Å². The van der Waals surface area contributed by atoms with Gasteiger partial charge in [-0.05, 0) is 55.2 Å². The normalized spacial score (nSPS) is 23.6. The van der Waals surface area contributed by atoms with Gasteiger partial charge >= 0.3 is 0 Å². The molecule has 4 rings (SSSR count). The molecule has 210 valence electrons. The van der Waals surface area contributed by atoms with Gasteiger partial charge in [-0.3, -0.25) is 14.4 Å². The minimum absolute atomic E-state index is 0.0630. The highest BCUT2D eigenvalue weighted by Crippen LogP contribution is 2.22. The SMILES string of the molecule is CC(C)C[C@@H]1NCCOc2ccccc2CCCNC(=O)[C@H](Cc2ccccc2)NC(=O)C2CCCN2C1=O. The summed E-state index contributed by atoms with van der Waals surface area (Å²) in [5, 5.41) is 9.42. The Morgan fingerprint density at radius 1 is 0.923 bits per heavy atom. The van der Waals surface area contributed by atoms with E-state index >= 15 is 0 Å². The Bertz CT molecular complexity index is 1110. The first kappa shape index (κ1) is 28.6. The van der Waals surface area contributed by atoms with Crippen molar-refractivity contribution in [3.8, 4) is 5.75 Å². The number of rotatable bonds is 4. The molecule has 2 aliphatic rings. The van der Waals surface area contributed by atoms with E-state index in [9.17, 15) is 14.4 Å². The zero-order valence-corrected chi connectivity index (χ0v) is 23.2. The second-order valence-electron chi connectivity index (χ2n) is 10.9. The fourth-order valence-corrected chi connectivity index (χ4v) is 5.43. The number of aryl methyl sites for hydroxylation is 1. The van der Waals surface area contributed by atoms with Crippen LogP contribution in [0.5, 0.6) is 5.75 Å². The maximum Gasteiger partial charge on any atom is 0.243 e. The zero-order chi connectivity index (χ0) is 27.6. The van der Waals surface area contributed by atoms with Gasteiger partial charge in [0.2, 0.25) is 17.7 Å². The maximum absolute atomic E-state index is 13.7. The third-order valence-electron chi connectivity index (χ3n) is 7.40. The highest BCUT2D eigenvalue weighted by molar-refractivity contribution is 5.93. The van der Waals surface area contributed by atoms with Gasteiger partial charge < -0.3 is 25.6 Å². The van der Waals surface area contributed by atoms with Crippen molar-refractivity contribution in [1.82, 2.24) is 20.9 Å². The molecule has 3 N–H and O–H groups in total. The predicted octanol–water partition coefficient (Wildman–Crippen LogP) is 2.85. The number of fused-ring (bicyclic) bond motifs is 2. The van der Waals surface area contributed by atoms with Gasteiger partial charge in [0.15, 0.2) is 0 Å². The molecule has 0 spiro atoms. The Morgan fingerprint density at radius 3 is 2.49 bits per heavy atom. The number of nitrogens with zero attached hydrogens (tertiary/aromatic N) is 1. The van der Waals surface area contributed by atoms with E-state index in [1.54, 1.807) is 4.90 Å². The minimum Gasteiger partial charge on any atom is -0.492 e. The molecule has 0 aliphatic carbocycles. The van der Waals surface area contributed by atoms with Crippen LogP contribution in [0.2, 0.25) is 0 Å². The number of carbonyl (C=O) groups excluding carboxylic acids is 3. The van der Waals surface area contributed by atoms with Crippen LogP contribution in [-0.4, -0.2) is 67.0 Å². The van der Waals surface area contributed by atoms with Crippen molar-refractivity contribution < 1.29 is 19.1 Å². The van der Waals surface area contributed by atoms with Crippen molar-refractivity contribution in [3.05, 3.63) is 65.7 Å². The van der Waals surface area contributed by atoms with Crippen LogP contribution in [0.3, 0.4) is 0 Å². The first-order chi connectivity index (χ1) is 18.9. The van der Waals surface area contributed by atoms with Crippen LogP contribution < -0.4 is 20.7 Å². The Balaban J connectivity index is 1.57. The molecule has 0 saturated carbocycles. The number of hydrogen-bond acceptors (Lipinski definition) is 5. The number of carbonyl (C=O) groups is 3. The molecule has 2 aliphatic heterocycles. The van der Waals surface area contributed by atoms with Gasteiger partial charge in [-0.1, -0.05) is 62.4 Å². The molecular weight excluding hydrogens is 492 g/mol. The Labute approximate surface area is 231 Å². The van der Waals surface area contributed by atoms with E-state index in [0.717, 1.165) is 36.1 Å². The number of benzene rings is 2. The Kier molecular flexibility index (Phi) is 10.4. The number of ether oxygens (including phenoxy) is 1. The van der Waals surface area contributed by atoms with Crippen molar-refractivity contribution in [2.45, 2.75) is 70.5 Å². The Hall–Kier alpha value is -3.39. The summed E-state index contributed by atoms with van der Waals surface area (Å²) < 4.78 is 6.09. The summed E-state index contributed by atoms with van der Waals surface area (Å²) in [6, 6.07) is 15.9. The lowest BCUT2D eigenvalue weighted by Crippen LogP contribution is -2.56. The quantitative estimate of drug-likeness (QED) is 0.560. The van der Waals surface area contributed by atoms with Crippen LogP contribution in [0.4, 0.5) is 0 Å². The molecule has 1 unspecified atom stereocenters. The zero-order valence-electron chi connectivity index (χ0n) is 23.2. The van der Waals surface area contributed by atoms with E-state index in [0.29, 0.717) is 51.4 Å². The third-order valence-corrected chi connectivity index (χ3v) is 7.40. The van der Waals surface area contributed by atoms with E-state index in [-0.39, 0.29) is 17.7 Å². The molecular formula is C31H42N4O4. The van der Waals surface area contributed by atoms with Crippen LogP contribution in [-0.2, 0) is 27.2 Å². The van der Waals surface area contributed by atoms with Gasteiger partial charge in [0, 0.05) is 26.1 Å². The van der Waals surface area contributed by atoms with Crippen molar-refractivity contribution >= 4 is 17.7 Å². The van der Waals surface area contributed by atoms with Crippen LogP contribution in [0.25, 0.3) is 0 Å². The molecule has 3 amide bonds. The fourth-order valence-electron chi connectivity index (χ4n) is 5.43. The summed E-state index contributed by atoms with van der Waals surface area (Å²) in [4.78, 5) is 42.2. The van der Waals surface area contributed by atoms with Crippen LogP contribution in [0, 0.1) is 5.92 Å². The molecule has 2 aromatic carbocycles. The van der Waals surface area contributed by atoms with Gasteiger partial charge in [-0.2, -0.15) is 0 Å². The summed E-state index contributed by atoms with van der Waals surface area (Å²) in [7, 11) is 0. The molecule has 8 heteroatoms. The van der Waals surface area contributed by atoms with E-state index in [1.807, 2.05) is 54.6 Å². The smallest absolute Gasteiger partial charge is 0.243 e. The average Bonchev–Trinajstić information content (AvgIpc) is 3.43. The fraction of sp³-hybridized carbons (Fsp3) is 0.516. The lowest BCUT2D eigenvalue weighted by molar-refractivity contribution is -0.141. The predicted molar refractivity (Wildman–Crippen MR) is 151 cm³/mol. The second-order valence-corrected chi connectivity index (χ2v) is 10.9. The van der Waals surface area contributed by atoms with Gasteiger partial charge in [0.25, 0.3) is 0 Å². The van der Waals surface area contributed by atoms with E-state index in [1.165, 1.54) is 0 Å². The average molecular weight is 535 g/mol. The van der Waals surface area contributed by atoms with Crippen molar-refractivity contribution in [2.24, 2.45) is 5.92 Å². The highest BCUT2D eigenvalue weighted by atomic mass is 16.5. The maximum atomic E-state index is 13.7. The summed E-state index contributed by atoms with van der Waals surface area (Å²) in [6.07, 6.45) is 3.90. The van der Waals surface area contributed by atoms with Gasteiger partial charge in [0.1, 0.15) is 24.4 Å². The standard InChI is InChI=1S/C31H42N4O4/c1-22(2)20-26-31(38)35-18-9-14-27(35)30(37)34-25(21-23-10-4-3-5-11-23)29(36)33-16-8-13-24-12-6-7-15-28(24)39-19-17-32-26/h3-7,10-12,15,22,25-27,32H,8-9,13-14,16-21H2,1-2H3,(H,33,36)(H,34,37)/t25-,26-,27?/m0/s1. The monoisotopic (exact) mass is 534 g/mol. The minimum atomic E-state index is -0.725. The van der Waals surface area contributed by atoms with Gasteiger partial charge in [-0.15, -0.1) is 0 Å². The molecule has 2 heterocycles. The van der Waals surface area contributed by atoms with Crippen LogP contribution >= 0.6 is 0 Å². The molecule has 1 saturated heterocycles. The highest BCUT2D eigenvalue weighted by Gasteiger charge is 2.38. The molecule has 0 aromatic heterocycles. The number of nitrogens with one attached hydrogen (secondary N) is 3. The lowest BCUT2D eigenvalue weighted by atomic mass is 10.0. The lowest BCUT2D eigenvalue weighted by Gasteiger charge is -2.30. The topological polar surface area (TPSA) is 99.8 Å². The molecule has 0 radical (unpaired) electrons. The first-order valence-electron chi connectivity index (χ1n) is 14.3. The number of para-hydroxylation sites is 1. The number of hydrogen-bond donors (Lipinski definition) is 3. The van der Waals surface area contributed by atoms with Crippen LogP contribution in [0.15, 0.2) is 54.6 Å². The molecule has 39 heavy (non-hydrogen) atoms. The summed E-state index contributed by atoms with van der Waals surface area (Å²) >= 11 is 0. The van der Waals surface area contributed by atoms with Crippen LogP contribution in [0.1, 0.15) is 50.7 Å². The largest absolute Gasteiger partial charge is 0.492 e. The van der Waals surface area contributed by atoms with Crippen molar-refractivity contribution in [2.75, 3.05) is 26.2 Å². The third kappa shape index (κ3) is 8.05. The van der Waals surface area contributed by atoms with Crippen molar-refractivity contribution in [3.63, 3.8) is 0 Å². The molecule has 3 atom stereocenters. The summed E-state index contributed by atoms with van der Waals surface area (Å²) in [5.41, 5.74) is 2.04. The van der Waals surface area contributed by atoms with E-state index in [2.05, 4.69) is 29.8 Å². The summed E-state index contributed by atoms with van der Waals surface area (Å²) in [5.74, 6) is 0.589.